The Morgan fingerprint density at radius 2 is 2.00 bits per heavy atom. The SMILES string of the molecule is Cc1nc(N)nc(C)c1CC(=O)N1CCCC[C@H]1CCc1nccn1C. The Morgan fingerprint density at radius 3 is 2.65 bits per heavy atom. The van der Waals surface area contributed by atoms with E-state index in [1.807, 2.05) is 37.9 Å². The minimum absolute atomic E-state index is 0.161. The van der Waals surface area contributed by atoms with E-state index in [0.29, 0.717) is 6.42 Å². The fourth-order valence-electron chi connectivity index (χ4n) is 3.84. The van der Waals surface area contributed by atoms with E-state index in [1.54, 1.807) is 0 Å². The van der Waals surface area contributed by atoms with Gasteiger partial charge in [-0.3, -0.25) is 4.79 Å². The molecule has 0 aromatic carbocycles. The first-order valence-corrected chi connectivity index (χ1v) is 9.31. The molecule has 26 heavy (non-hydrogen) atoms. The number of imidazole rings is 1. The van der Waals surface area contributed by atoms with Crippen LogP contribution in [0.25, 0.3) is 0 Å². The van der Waals surface area contributed by atoms with Crippen molar-refractivity contribution in [2.45, 2.75) is 58.4 Å². The Bertz CT molecular complexity index is 761. The van der Waals surface area contributed by atoms with Crippen molar-refractivity contribution >= 4 is 11.9 Å². The Balaban J connectivity index is 1.69. The number of hydrogen-bond acceptors (Lipinski definition) is 5. The van der Waals surface area contributed by atoms with Gasteiger partial charge < -0.3 is 15.2 Å². The lowest BCUT2D eigenvalue weighted by Crippen LogP contribution is -2.45. The standard InChI is InChI=1S/C19H28N6O/c1-13-16(14(2)23-19(20)22-13)12-18(26)25-10-5-4-6-15(25)7-8-17-21-9-11-24(17)3/h9,11,15H,4-8,10,12H2,1-3H3,(H2,20,22,23)/t15-/m0/s1. The average Bonchev–Trinajstić information content (AvgIpc) is 3.01. The van der Waals surface area contributed by atoms with E-state index < -0.39 is 0 Å². The van der Waals surface area contributed by atoms with Crippen LogP contribution in [0.1, 0.15) is 48.5 Å². The van der Waals surface area contributed by atoms with Crippen LogP contribution in [-0.2, 0) is 24.7 Å². The Labute approximate surface area is 154 Å². The van der Waals surface area contributed by atoms with Gasteiger partial charge in [0.05, 0.1) is 6.42 Å². The summed E-state index contributed by atoms with van der Waals surface area (Å²) in [5.41, 5.74) is 8.19. The molecule has 0 bridgehead atoms. The molecule has 7 nitrogen and oxygen atoms in total. The second-order valence-electron chi connectivity index (χ2n) is 7.14. The highest BCUT2D eigenvalue weighted by Gasteiger charge is 2.27. The number of piperidine rings is 1. The second kappa shape index (κ2) is 7.85. The van der Waals surface area contributed by atoms with Crippen molar-refractivity contribution < 1.29 is 4.79 Å². The molecule has 2 aromatic heterocycles. The van der Waals surface area contributed by atoms with E-state index in [-0.39, 0.29) is 17.9 Å². The summed E-state index contributed by atoms with van der Waals surface area (Å²) in [5.74, 6) is 1.50. The van der Waals surface area contributed by atoms with Gasteiger partial charge in [-0.2, -0.15) is 0 Å². The van der Waals surface area contributed by atoms with E-state index in [4.69, 9.17) is 5.73 Å². The number of likely N-dealkylation sites (tertiary alicyclic amines) is 1. The molecule has 1 aliphatic rings. The van der Waals surface area contributed by atoms with Gasteiger partial charge in [-0.25, -0.2) is 15.0 Å². The third-order valence-corrected chi connectivity index (χ3v) is 5.34. The van der Waals surface area contributed by atoms with Crippen LogP contribution in [0.2, 0.25) is 0 Å². The lowest BCUT2D eigenvalue weighted by atomic mass is 9.96. The molecular weight excluding hydrogens is 328 g/mol. The van der Waals surface area contributed by atoms with Crippen molar-refractivity contribution in [3.63, 3.8) is 0 Å². The molecule has 0 aliphatic carbocycles. The van der Waals surface area contributed by atoms with Gasteiger partial charge in [0.25, 0.3) is 0 Å². The summed E-state index contributed by atoms with van der Waals surface area (Å²) in [5, 5.41) is 0. The molecule has 1 saturated heterocycles. The summed E-state index contributed by atoms with van der Waals surface area (Å²) < 4.78 is 2.05. The van der Waals surface area contributed by atoms with Gasteiger partial charge in [0, 0.05) is 55.4 Å². The summed E-state index contributed by atoms with van der Waals surface area (Å²) in [7, 11) is 2.01. The van der Waals surface area contributed by atoms with E-state index in [1.165, 1.54) is 6.42 Å². The topological polar surface area (TPSA) is 89.9 Å². The highest BCUT2D eigenvalue weighted by molar-refractivity contribution is 5.79. The molecule has 1 aliphatic heterocycles. The first kappa shape index (κ1) is 18.4. The number of nitrogens with two attached hydrogens (primary N) is 1. The van der Waals surface area contributed by atoms with Crippen molar-refractivity contribution in [3.8, 4) is 0 Å². The molecule has 3 heterocycles. The maximum atomic E-state index is 13.0. The minimum Gasteiger partial charge on any atom is -0.368 e. The first-order chi connectivity index (χ1) is 12.5. The summed E-state index contributed by atoms with van der Waals surface area (Å²) in [6, 6.07) is 0.281. The first-order valence-electron chi connectivity index (χ1n) is 9.31. The van der Waals surface area contributed by atoms with Crippen molar-refractivity contribution in [1.29, 1.82) is 0 Å². The monoisotopic (exact) mass is 356 g/mol. The van der Waals surface area contributed by atoms with Crippen molar-refractivity contribution in [2.75, 3.05) is 12.3 Å². The summed E-state index contributed by atoms with van der Waals surface area (Å²) in [4.78, 5) is 27.9. The van der Waals surface area contributed by atoms with Crippen LogP contribution in [0.5, 0.6) is 0 Å². The minimum atomic E-state index is 0.161. The lowest BCUT2D eigenvalue weighted by Gasteiger charge is -2.36. The van der Waals surface area contributed by atoms with E-state index >= 15 is 0 Å². The van der Waals surface area contributed by atoms with Crippen molar-refractivity contribution in [1.82, 2.24) is 24.4 Å². The summed E-state index contributed by atoms with van der Waals surface area (Å²) in [6.45, 7) is 4.61. The van der Waals surface area contributed by atoms with Crippen LogP contribution in [0, 0.1) is 13.8 Å². The number of anilines is 1. The number of nitrogens with zero attached hydrogens (tertiary/aromatic N) is 5. The number of nitrogen functional groups attached to an aromatic ring is 1. The number of carbonyl (C=O) groups excluding carboxylic acids is 1. The van der Waals surface area contributed by atoms with E-state index in [2.05, 4.69) is 19.9 Å². The molecule has 2 N–H and O–H groups in total. The third kappa shape index (κ3) is 4.03. The van der Waals surface area contributed by atoms with Gasteiger partial charge >= 0.3 is 0 Å². The maximum absolute atomic E-state index is 13.0. The van der Waals surface area contributed by atoms with Gasteiger partial charge in [-0.15, -0.1) is 0 Å². The number of amides is 1. The fraction of sp³-hybridized carbons (Fsp3) is 0.579. The largest absolute Gasteiger partial charge is 0.368 e. The number of aryl methyl sites for hydroxylation is 4. The third-order valence-electron chi connectivity index (χ3n) is 5.34. The number of rotatable bonds is 5. The molecule has 140 valence electrons. The highest BCUT2D eigenvalue weighted by atomic mass is 16.2. The molecule has 7 heteroatoms. The molecular formula is C19H28N6O. The van der Waals surface area contributed by atoms with Crippen molar-refractivity contribution in [2.24, 2.45) is 7.05 Å². The zero-order chi connectivity index (χ0) is 18.7. The van der Waals surface area contributed by atoms with Gasteiger partial charge in [0.2, 0.25) is 11.9 Å². The zero-order valence-corrected chi connectivity index (χ0v) is 15.9. The number of carbonyl (C=O) groups is 1. The van der Waals surface area contributed by atoms with Crippen LogP contribution >= 0.6 is 0 Å². The Kier molecular flexibility index (Phi) is 5.54. The van der Waals surface area contributed by atoms with Crippen LogP contribution in [0.15, 0.2) is 12.4 Å². The molecule has 0 unspecified atom stereocenters. The molecule has 2 aromatic rings. The molecule has 0 radical (unpaired) electrons. The highest BCUT2D eigenvalue weighted by Crippen LogP contribution is 2.23. The fourth-order valence-corrected chi connectivity index (χ4v) is 3.84. The van der Waals surface area contributed by atoms with Crippen LogP contribution in [0.4, 0.5) is 5.95 Å². The summed E-state index contributed by atoms with van der Waals surface area (Å²) in [6.07, 6.45) is 9.29. The van der Waals surface area contributed by atoms with Gasteiger partial charge in [-0.1, -0.05) is 0 Å². The smallest absolute Gasteiger partial charge is 0.227 e. The molecule has 0 saturated carbocycles. The Hall–Kier alpha value is -2.44. The quantitative estimate of drug-likeness (QED) is 0.884. The average molecular weight is 356 g/mol. The van der Waals surface area contributed by atoms with E-state index in [0.717, 1.165) is 55.0 Å². The Morgan fingerprint density at radius 1 is 1.27 bits per heavy atom. The predicted octanol–water partition coefficient (Wildman–Crippen LogP) is 1.97. The normalized spacial score (nSPS) is 17.5. The lowest BCUT2D eigenvalue weighted by molar-refractivity contribution is -0.134. The van der Waals surface area contributed by atoms with Gasteiger partial charge in [0.1, 0.15) is 5.82 Å². The molecule has 1 fully saturated rings. The summed E-state index contributed by atoms with van der Waals surface area (Å²) >= 11 is 0. The predicted molar refractivity (Wildman–Crippen MR) is 101 cm³/mol. The number of hydrogen-bond donors (Lipinski definition) is 1. The van der Waals surface area contributed by atoms with E-state index in [9.17, 15) is 4.79 Å². The van der Waals surface area contributed by atoms with Gasteiger partial charge in [0.15, 0.2) is 0 Å². The van der Waals surface area contributed by atoms with Crippen LogP contribution in [-0.4, -0.2) is 42.9 Å². The molecule has 3 rings (SSSR count). The molecule has 1 amide bonds. The van der Waals surface area contributed by atoms with Crippen molar-refractivity contribution in [3.05, 3.63) is 35.2 Å². The van der Waals surface area contributed by atoms with Gasteiger partial charge in [-0.05, 0) is 39.5 Å². The molecule has 0 spiro atoms. The maximum Gasteiger partial charge on any atom is 0.227 e. The molecule has 1 atom stereocenters. The van der Waals surface area contributed by atoms with Crippen LogP contribution < -0.4 is 5.73 Å². The van der Waals surface area contributed by atoms with Crippen LogP contribution in [0.3, 0.4) is 0 Å². The number of aromatic nitrogens is 4. The zero-order valence-electron chi connectivity index (χ0n) is 15.9. The second-order valence-corrected chi connectivity index (χ2v) is 7.14.